The van der Waals surface area contributed by atoms with Crippen LogP contribution in [0.1, 0.15) is 16.1 Å². The van der Waals surface area contributed by atoms with Crippen molar-refractivity contribution < 1.29 is 4.79 Å². The maximum atomic E-state index is 12.8. The lowest BCUT2D eigenvalue weighted by molar-refractivity contribution is 0.0664. The van der Waals surface area contributed by atoms with Crippen LogP contribution in [0, 0.1) is 0 Å². The first-order valence-electron chi connectivity index (χ1n) is 8.64. The van der Waals surface area contributed by atoms with Gasteiger partial charge in [0, 0.05) is 49.6 Å². The molecule has 0 radical (unpaired) electrons. The zero-order valence-corrected chi connectivity index (χ0v) is 16.1. The lowest BCUT2D eigenvalue weighted by Crippen LogP contribution is -2.47. The molecule has 0 bridgehead atoms. The van der Waals surface area contributed by atoms with Gasteiger partial charge in [-0.3, -0.25) is 4.79 Å². The number of hydrogen-bond donors (Lipinski definition) is 1. The number of fused-ring (bicyclic) bond motifs is 1. The number of nitrogens with zero attached hydrogens (tertiary/aromatic N) is 4. The normalized spacial score (nSPS) is 17.2. The molecule has 0 spiro atoms. The number of carbonyl (C=O) groups excluding carboxylic acids is 1. The van der Waals surface area contributed by atoms with Crippen LogP contribution in [-0.2, 0) is 6.42 Å². The third-order valence-corrected chi connectivity index (χ3v) is 5.95. The summed E-state index contributed by atoms with van der Waals surface area (Å²) in [6, 6.07) is 7.56. The molecule has 1 amide bonds. The molecule has 8 heteroatoms. The van der Waals surface area contributed by atoms with Crippen molar-refractivity contribution in [3.8, 4) is 0 Å². The average Bonchev–Trinajstić information content (AvgIpc) is 3.10. The minimum absolute atomic E-state index is 0.0714. The number of aryl methyl sites for hydroxylation is 1. The Kier molecular flexibility index (Phi) is 5.02. The number of amides is 1. The van der Waals surface area contributed by atoms with Gasteiger partial charge in [-0.2, -0.15) is 4.98 Å². The molecule has 1 N–H and O–H groups in total. The van der Waals surface area contributed by atoms with Crippen molar-refractivity contribution in [2.24, 2.45) is 0 Å². The van der Waals surface area contributed by atoms with E-state index >= 15 is 0 Å². The van der Waals surface area contributed by atoms with E-state index in [2.05, 4.69) is 27.2 Å². The topological polar surface area (TPSA) is 61.4 Å². The minimum atomic E-state index is 0.0714. The number of anilines is 2. The van der Waals surface area contributed by atoms with Crippen molar-refractivity contribution in [1.82, 2.24) is 19.8 Å². The Labute approximate surface area is 161 Å². The third kappa shape index (κ3) is 3.65. The molecule has 2 aliphatic heterocycles. The summed E-state index contributed by atoms with van der Waals surface area (Å²) in [5.41, 5.74) is 2.50. The highest BCUT2D eigenvalue weighted by Gasteiger charge is 2.22. The lowest BCUT2D eigenvalue weighted by Gasteiger charge is -2.32. The molecule has 2 aliphatic rings. The summed E-state index contributed by atoms with van der Waals surface area (Å²) in [5, 5.41) is 3.56. The second kappa shape index (κ2) is 7.42. The zero-order chi connectivity index (χ0) is 18.1. The van der Waals surface area contributed by atoms with Gasteiger partial charge in [0.2, 0.25) is 5.28 Å². The van der Waals surface area contributed by atoms with Gasteiger partial charge < -0.3 is 15.1 Å². The molecule has 6 nitrogen and oxygen atoms in total. The van der Waals surface area contributed by atoms with Crippen LogP contribution in [0.3, 0.4) is 0 Å². The van der Waals surface area contributed by atoms with Gasteiger partial charge in [-0.25, -0.2) is 4.98 Å². The van der Waals surface area contributed by atoms with Crippen LogP contribution in [0.4, 0.5) is 11.5 Å². The molecular formula is C18H20ClN5OS. The summed E-state index contributed by atoms with van der Waals surface area (Å²) in [4.78, 5) is 26.6. The minimum Gasteiger partial charge on any atom is -0.339 e. The summed E-state index contributed by atoms with van der Waals surface area (Å²) < 4.78 is 0. The maximum Gasteiger partial charge on any atom is 0.254 e. The Bertz CT molecular complexity index is 838. The summed E-state index contributed by atoms with van der Waals surface area (Å²) in [7, 11) is 2.08. The van der Waals surface area contributed by atoms with Crippen molar-refractivity contribution >= 4 is 40.8 Å². The predicted octanol–water partition coefficient (Wildman–Crippen LogP) is 2.91. The molecule has 0 atom stereocenters. The molecule has 1 aromatic heterocycles. The Morgan fingerprint density at radius 3 is 2.85 bits per heavy atom. The molecule has 0 saturated carbocycles. The van der Waals surface area contributed by atoms with Gasteiger partial charge in [-0.15, -0.1) is 11.8 Å². The maximum absolute atomic E-state index is 12.8. The van der Waals surface area contributed by atoms with Gasteiger partial charge in [0.25, 0.3) is 5.91 Å². The number of thioether (sulfide) groups is 1. The highest BCUT2D eigenvalue weighted by molar-refractivity contribution is 7.99. The number of likely N-dealkylation sites (N-methyl/N-ethyl adjacent to an activating group) is 1. The summed E-state index contributed by atoms with van der Waals surface area (Å²) in [6.45, 7) is 3.34. The number of benzene rings is 1. The first kappa shape index (κ1) is 17.6. The monoisotopic (exact) mass is 389 g/mol. The van der Waals surface area contributed by atoms with Gasteiger partial charge in [-0.1, -0.05) is 6.07 Å². The summed E-state index contributed by atoms with van der Waals surface area (Å²) in [6.07, 6.45) is 0.902. The second-order valence-electron chi connectivity index (χ2n) is 6.52. The van der Waals surface area contributed by atoms with E-state index in [9.17, 15) is 4.79 Å². The quantitative estimate of drug-likeness (QED) is 0.814. The molecule has 1 saturated heterocycles. The number of carbonyl (C=O) groups is 1. The molecule has 26 heavy (non-hydrogen) atoms. The number of aromatic nitrogens is 2. The molecule has 2 aromatic rings. The second-order valence-corrected chi connectivity index (χ2v) is 7.96. The van der Waals surface area contributed by atoms with Crippen LogP contribution >= 0.6 is 23.4 Å². The Morgan fingerprint density at radius 1 is 1.23 bits per heavy atom. The molecule has 3 heterocycles. The van der Waals surface area contributed by atoms with Crippen LogP contribution in [0.2, 0.25) is 5.28 Å². The van der Waals surface area contributed by atoms with E-state index in [0.717, 1.165) is 54.6 Å². The molecule has 1 fully saturated rings. The first-order valence-corrected chi connectivity index (χ1v) is 10.0. The standard InChI is InChI=1S/C18H20ClN5OS/c1-23-6-8-24(9-7-23)17(25)12-3-2-4-13(11-12)20-16-15-14(5-10-26-15)21-18(19)22-16/h2-4,11H,5-10H2,1H3,(H,20,21,22). The predicted molar refractivity (Wildman–Crippen MR) is 105 cm³/mol. The van der Waals surface area contributed by atoms with Gasteiger partial charge in [0.1, 0.15) is 5.82 Å². The highest BCUT2D eigenvalue weighted by Crippen LogP contribution is 2.37. The fourth-order valence-corrected chi connectivity index (χ4v) is 4.42. The van der Waals surface area contributed by atoms with E-state index in [1.165, 1.54) is 0 Å². The molecule has 0 unspecified atom stereocenters. The van der Waals surface area contributed by atoms with Crippen LogP contribution < -0.4 is 5.32 Å². The Morgan fingerprint density at radius 2 is 2.04 bits per heavy atom. The number of piperazine rings is 1. The van der Waals surface area contributed by atoms with Gasteiger partial charge >= 0.3 is 0 Å². The van der Waals surface area contributed by atoms with E-state index < -0.39 is 0 Å². The number of halogens is 1. The number of hydrogen-bond acceptors (Lipinski definition) is 6. The zero-order valence-electron chi connectivity index (χ0n) is 14.5. The molecule has 4 rings (SSSR count). The smallest absolute Gasteiger partial charge is 0.254 e. The third-order valence-electron chi connectivity index (χ3n) is 4.66. The van der Waals surface area contributed by atoms with Crippen LogP contribution in [0.15, 0.2) is 29.2 Å². The number of nitrogens with one attached hydrogen (secondary N) is 1. The van der Waals surface area contributed by atoms with Crippen LogP contribution in [-0.4, -0.2) is 64.7 Å². The van der Waals surface area contributed by atoms with Gasteiger partial charge in [0.15, 0.2) is 0 Å². The van der Waals surface area contributed by atoms with Crippen molar-refractivity contribution in [2.75, 3.05) is 44.3 Å². The highest BCUT2D eigenvalue weighted by atomic mass is 35.5. The van der Waals surface area contributed by atoms with Gasteiger partial charge in [-0.05, 0) is 36.8 Å². The fourth-order valence-electron chi connectivity index (χ4n) is 3.18. The van der Waals surface area contributed by atoms with Gasteiger partial charge in [0.05, 0.1) is 10.6 Å². The molecule has 1 aromatic carbocycles. The van der Waals surface area contributed by atoms with Crippen LogP contribution in [0.5, 0.6) is 0 Å². The van der Waals surface area contributed by atoms with Crippen molar-refractivity contribution in [3.05, 3.63) is 40.8 Å². The largest absolute Gasteiger partial charge is 0.339 e. The van der Waals surface area contributed by atoms with Crippen molar-refractivity contribution in [2.45, 2.75) is 11.3 Å². The van der Waals surface area contributed by atoms with E-state index in [-0.39, 0.29) is 11.2 Å². The lowest BCUT2D eigenvalue weighted by atomic mass is 10.1. The molecule has 0 aliphatic carbocycles. The van der Waals surface area contributed by atoms with E-state index in [1.54, 1.807) is 11.8 Å². The van der Waals surface area contributed by atoms with Crippen molar-refractivity contribution in [1.29, 1.82) is 0 Å². The van der Waals surface area contributed by atoms with E-state index in [0.29, 0.717) is 11.4 Å². The SMILES string of the molecule is CN1CCN(C(=O)c2cccc(Nc3nc(Cl)nc4c3SCC4)c2)CC1. The fraction of sp³-hybridized carbons (Fsp3) is 0.389. The summed E-state index contributed by atoms with van der Waals surface area (Å²) >= 11 is 7.78. The molecule has 136 valence electrons. The van der Waals surface area contributed by atoms with Crippen LogP contribution in [0.25, 0.3) is 0 Å². The summed E-state index contributed by atoms with van der Waals surface area (Å²) in [5.74, 6) is 1.77. The van der Waals surface area contributed by atoms with E-state index in [1.807, 2.05) is 29.2 Å². The van der Waals surface area contributed by atoms with Crippen molar-refractivity contribution in [3.63, 3.8) is 0 Å². The van der Waals surface area contributed by atoms with E-state index in [4.69, 9.17) is 11.6 Å². The average molecular weight is 390 g/mol. The Hall–Kier alpha value is -1.83. The first-order chi connectivity index (χ1) is 12.6. The number of rotatable bonds is 3. The Balaban J connectivity index is 1.54. The molecular weight excluding hydrogens is 370 g/mol.